The van der Waals surface area contributed by atoms with Crippen LogP contribution in [0.5, 0.6) is 0 Å². The van der Waals surface area contributed by atoms with Gasteiger partial charge in [-0.3, -0.25) is 5.41 Å². The Morgan fingerprint density at radius 1 is 1.57 bits per heavy atom. The topological polar surface area (TPSA) is 53.1 Å². The first-order valence-corrected chi connectivity index (χ1v) is 5.69. The van der Waals surface area contributed by atoms with Crippen LogP contribution in [0, 0.1) is 17.2 Å². The van der Waals surface area contributed by atoms with Crippen molar-refractivity contribution >= 4 is 5.84 Å². The van der Waals surface area contributed by atoms with Crippen LogP contribution >= 0.6 is 0 Å². The molecular formula is C11H23N3. The fourth-order valence-corrected chi connectivity index (χ4v) is 1.72. The monoisotopic (exact) mass is 197 g/mol. The summed E-state index contributed by atoms with van der Waals surface area (Å²) in [4.78, 5) is 2.46. The van der Waals surface area contributed by atoms with Crippen molar-refractivity contribution < 1.29 is 0 Å². The summed E-state index contributed by atoms with van der Waals surface area (Å²) in [6.07, 6.45) is 3.99. The van der Waals surface area contributed by atoms with Crippen molar-refractivity contribution in [2.24, 2.45) is 17.6 Å². The molecule has 1 fully saturated rings. The van der Waals surface area contributed by atoms with E-state index in [1.807, 2.05) is 6.92 Å². The van der Waals surface area contributed by atoms with Gasteiger partial charge in [-0.15, -0.1) is 0 Å². The minimum Gasteiger partial charge on any atom is -0.387 e. The van der Waals surface area contributed by atoms with E-state index in [1.54, 1.807) is 0 Å². The molecule has 1 aliphatic rings. The summed E-state index contributed by atoms with van der Waals surface area (Å²) in [5.74, 6) is 1.46. The van der Waals surface area contributed by atoms with Gasteiger partial charge in [0.05, 0.1) is 5.84 Å². The van der Waals surface area contributed by atoms with Gasteiger partial charge in [-0.25, -0.2) is 0 Å². The number of nitrogens with two attached hydrogens (primary N) is 1. The molecule has 0 bridgehead atoms. The number of nitrogens with one attached hydrogen (secondary N) is 1. The third kappa shape index (κ3) is 4.09. The molecule has 0 aromatic heterocycles. The third-order valence-corrected chi connectivity index (χ3v) is 2.82. The van der Waals surface area contributed by atoms with Crippen LogP contribution in [-0.4, -0.2) is 30.4 Å². The van der Waals surface area contributed by atoms with Crippen LogP contribution in [0.25, 0.3) is 0 Å². The van der Waals surface area contributed by atoms with Crippen LogP contribution in [0.1, 0.15) is 33.1 Å². The molecule has 3 nitrogen and oxygen atoms in total. The molecule has 0 saturated heterocycles. The van der Waals surface area contributed by atoms with Gasteiger partial charge < -0.3 is 10.6 Å². The fourth-order valence-electron chi connectivity index (χ4n) is 1.72. The molecule has 14 heavy (non-hydrogen) atoms. The van der Waals surface area contributed by atoms with Gasteiger partial charge in [-0.2, -0.15) is 0 Å². The van der Waals surface area contributed by atoms with Gasteiger partial charge in [0.25, 0.3) is 0 Å². The Morgan fingerprint density at radius 3 is 2.64 bits per heavy atom. The van der Waals surface area contributed by atoms with E-state index in [-0.39, 0.29) is 5.92 Å². The number of nitrogens with zero attached hydrogens (tertiary/aromatic N) is 1. The molecule has 0 amide bonds. The summed E-state index contributed by atoms with van der Waals surface area (Å²) in [5, 5.41) is 7.38. The van der Waals surface area contributed by atoms with Crippen molar-refractivity contribution in [3.8, 4) is 0 Å². The maximum Gasteiger partial charge on any atom is 0.0947 e. The summed E-state index contributed by atoms with van der Waals surface area (Å²) in [5.41, 5.74) is 5.48. The molecule has 0 aromatic rings. The lowest BCUT2D eigenvalue weighted by atomic mass is 10.1. The van der Waals surface area contributed by atoms with Crippen LogP contribution in [0.3, 0.4) is 0 Å². The molecule has 82 valence electrons. The Bertz CT molecular complexity index is 187. The lowest BCUT2D eigenvalue weighted by Gasteiger charge is -2.24. The van der Waals surface area contributed by atoms with E-state index in [4.69, 9.17) is 11.1 Å². The van der Waals surface area contributed by atoms with E-state index in [1.165, 1.54) is 25.8 Å². The zero-order valence-electron chi connectivity index (χ0n) is 9.42. The highest BCUT2D eigenvalue weighted by atomic mass is 15.1. The third-order valence-electron chi connectivity index (χ3n) is 2.82. The normalized spacial score (nSPS) is 18.5. The molecule has 0 aromatic carbocycles. The second-order valence-corrected chi connectivity index (χ2v) is 4.56. The molecule has 0 aliphatic heterocycles. The van der Waals surface area contributed by atoms with Gasteiger partial charge in [-0.05, 0) is 31.7 Å². The van der Waals surface area contributed by atoms with Crippen LogP contribution in [0.15, 0.2) is 0 Å². The van der Waals surface area contributed by atoms with Crippen LogP contribution in [-0.2, 0) is 0 Å². The van der Waals surface area contributed by atoms with E-state index in [0.717, 1.165) is 19.0 Å². The van der Waals surface area contributed by atoms with Gasteiger partial charge in [0.1, 0.15) is 0 Å². The molecule has 0 radical (unpaired) electrons. The first-order valence-electron chi connectivity index (χ1n) is 5.69. The van der Waals surface area contributed by atoms with E-state index in [0.29, 0.717) is 5.84 Å². The summed E-state index contributed by atoms with van der Waals surface area (Å²) >= 11 is 0. The van der Waals surface area contributed by atoms with Gasteiger partial charge >= 0.3 is 0 Å². The largest absolute Gasteiger partial charge is 0.387 e. The smallest absolute Gasteiger partial charge is 0.0947 e. The summed E-state index contributed by atoms with van der Waals surface area (Å²) in [7, 11) is 0. The number of hydrogen-bond donors (Lipinski definition) is 2. The Labute approximate surface area is 87.2 Å². The molecule has 1 rings (SSSR count). The molecule has 1 aliphatic carbocycles. The fraction of sp³-hybridized carbons (Fsp3) is 0.909. The molecule has 1 unspecified atom stereocenters. The van der Waals surface area contributed by atoms with Gasteiger partial charge in [0.2, 0.25) is 0 Å². The Kier molecular flexibility index (Phi) is 4.39. The highest BCUT2D eigenvalue weighted by Crippen LogP contribution is 2.29. The average molecular weight is 197 g/mol. The van der Waals surface area contributed by atoms with E-state index < -0.39 is 0 Å². The standard InChI is InChI=1S/C11H23N3/c1-3-6-14(8-10-4-5-10)7-9(2)11(12)13/h9-10H,3-8H2,1-2H3,(H3,12,13). The number of hydrogen-bond acceptors (Lipinski definition) is 2. The minimum atomic E-state index is 0.209. The second kappa shape index (κ2) is 5.35. The SMILES string of the molecule is CCCN(CC1CC1)CC(C)C(=N)N. The summed E-state index contributed by atoms with van der Waals surface area (Å²) < 4.78 is 0. The summed E-state index contributed by atoms with van der Waals surface area (Å²) in [6.45, 7) is 7.56. The van der Waals surface area contributed by atoms with E-state index in [9.17, 15) is 0 Å². The van der Waals surface area contributed by atoms with Crippen molar-refractivity contribution in [2.75, 3.05) is 19.6 Å². The Morgan fingerprint density at radius 2 is 2.21 bits per heavy atom. The lowest BCUT2D eigenvalue weighted by molar-refractivity contribution is 0.248. The predicted molar refractivity (Wildman–Crippen MR) is 60.5 cm³/mol. The van der Waals surface area contributed by atoms with Crippen LogP contribution in [0.2, 0.25) is 0 Å². The zero-order chi connectivity index (χ0) is 10.6. The van der Waals surface area contributed by atoms with Gasteiger partial charge in [0, 0.05) is 19.0 Å². The van der Waals surface area contributed by atoms with Crippen molar-refractivity contribution in [1.82, 2.24) is 4.90 Å². The van der Waals surface area contributed by atoms with Crippen molar-refractivity contribution in [3.05, 3.63) is 0 Å². The highest BCUT2D eigenvalue weighted by molar-refractivity contribution is 5.79. The maximum atomic E-state index is 7.38. The first kappa shape index (κ1) is 11.5. The number of rotatable bonds is 7. The number of amidine groups is 1. The van der Waals surface area contributed by atoms with E-state index in [2.05, 4.69) is 11.8 Å². The zero-order valence-corrected chi connectivity index (χ0v) is 9.42. The van der Waals surface area contributed by atoms with Gasteiger partial charge in [0.15, 0.2) is 0 Å². The van der Waals surface area contributed by atoms with Crippen LogP contribution < -0.4 is 5.73 Å². The lowest BCUT2D eigenvalue weighted by Crippen LogP contribution is -2.36. The van der Waals surface area contributed by atoms with E-state index >= 15 is 0 Å². The Hall–Kier alpha value is -0.570. The minimum absolute atomic E-state index is 0.209. The first-order chi connectivity index (χ1) is 6.63. The highest BCUT2D eigenvalue weighted by Gasteiger charge is 2.24. The molecular weight excluding hydrogens is 174 g/mol. The van der Waals surface area contributed by atoms with Crippen LogP contribution in [0.4, 0.5) is 0 Å². The van der Waals surface area contributed by atoms with Crippen molar-refractivity contribution in [3.63, 3.8) is 0 Å². The van der Waals surface area contributed by atoms with Crippen molar-refractivity contribution in [1.29, 1.82) is 5.41 Å². The quantitative estimate of drug-likeness (QED) is 0.482. The molecule has 0 heterocycles. The molecule has 0 spiro atoms. The van der Waals surface area contributed by atoms with Gasteiger partial charge in [-0.1, -0.05) is 13.8 Å². The summed E-state index contributed by atoms with van der Waals surface area (Å²) in [6, 6.07) is 0. The molecule has 1 saturated carbocycles. The molecule has 1 atom stereocenters. The Balaban J connectivity index is 2.28. The maximum absolute atomic E-state index is 7.38. The molecule has 3 heteroatoms. The van der Waals surface area contributed by atoms with Crippen molar-refractivity contribution in [2.45, 2.75) is 33.1 Å². The average Bonchev–Trinajstić information content (AvgIpc) is 2.88. The predicted octanol–water partition coefficient (Wildman–Crippen LogP) is 1.68. The molecule has 3 N–H and O–H groups in total. The second-order valence-electron chi connectivity index (χ2n) is 4.56.